The average molecular weight is 463 g/mol. The maximum atomic E-state index is 12.9. The Morgan fingerprint density at radius 1 is 0.886 bits per heavy atom. The van der Waals surface area contributed by atoms with Crippen molar-refractivity contribution in [3.05, 3.63) is 113 Å². The van der Waals surface area contributed by atoms with Gasteiger partial charge in [0.15, 0.2) is 23.1 Å². The third-order valence-electron chi connectivity index (χ3n) is 5.91. The maximum Gasteiger partial charge on any atom is 0.292 e. The number of ether oxygens (including phenoxy) is 1. The number of amides is 1. The van der Waals surface area contributed by atoms with E-state index in [4.69, 9.17) is 9.15 Å². The molecule has 1 amide bonds. The Morgan fingerprint density at radius 3 is 2.43 bits per heavy atom. The number of carbonyl (C=O) groups excluding carboxylic acids is 3. The van der Waals surface area contributed by atoms with Gasteiger partial charge in [0, 0.05) is 33.7 Å². The second kappa shape index (κ2) is 8.11. The van der Waals surface area contributed by atoms with E-state index < -0.39 is 5.91 Å². The van der Waals surface area contributed by atoms with E-state index in [1.807, 2.05) is 0 Å². The number of H-pyrrole nitrogens is 1. The number of anilines is 1. The van der Waals surface area contributed by atoms with Gasteiger partial charge in [-0.15, -0.1) is 0 Å². The number of nitrogens with zero attached hydrogens (tertiary/aromatic N) is 1. The molecule has 0 saturated carbocycles. The molecule has 6 rings (SSSR count). The molecule has 170 valence electrons. The lowest BCUT2D eigenvalue weighted by molar-refractivity contribution is 0.0979. The molecule has 8 nitrogen and oxygen atoms in total. The van der Waals surface area contributed by atoms with Gasteiger partial charge in [-0.1, -0.05) is 30.3 Å². The van der Waals surface area contributed by atoms with Gasteiger partial charge in [0.05, 0.1) is 11.8 Å². The Labute approximate surface area is 198 Å². The number of aromatic amines is 1. The molecular formula is C27H17N3O5. The number of furan rings is 1. The number of hydrogen-bond donors (Lipinski definition) is 2. The van der Waals surface area contributed by atoms with Crippen molar-refractivity contribution in [3.63, 3.8) is 0 Å². The number of rotatable bonds is 5. The molecule has 8 heteroatoms. The molecule has 2 N–H and O–H groups in total. The number of nitrogens with one attached hydrogen (secondary N) is 2. The smallest absolute Gasteiger partial charge is 0.292 e. The summed E-state index contributed by atoms with van der Waals surface area (Å²) in [6, 6.07) is 20.6. The molecule has 2 aromatic heterocycles. The summed E-state index contributed by atoms with van der Waals surface area (Å²) in [5.74, 6) is 0.436. The quantitative estimate of drug-likeness (QED) is 0.381. The zero-order valence-electron chi connectivity index (χ0n) is 18.2. The van der Waals surface area contributed by atoms with Crippen LogP contribution in [0.15, 0.2) is 83.5 Å². The summed E-state index contributed by atoms with van der Waals surface area (Å²) in [4.78, 5) is 37.9. The van der Waals surface area contributed by atoms with Crippen molar-refractivity contribution < 1.29 is 23.5 Å². The van der Waals surface area contributed by atoms with Crippen LogP contribution < -0.4 is 10.1 Å². The fourth-order valence-corrected chi connectivity index (χ4v) is 4.16. The first kappa shape index (κ1) is 20.6. The molecule has 1 aliphatic rings. The van der Waals surface area contributed by atoms with E-state index in [0.717, 1.165) is 5.56 Å². The maximum absolute atomic E-state index is 12.9. The van der Waals surface area contributed by atoms with Crippen molar-refractivity contribution in [2.45, 2.75) is 6.61 Å². The Hall–Kier alpha value is -4.98. The predicted molar refractivity (Wildman–Crippen MR) is 127 cm³/mol. The minimum Gasteiger partial charge on any atom is -0.489 e. The molecule has 0 saturated heterocycles. The van der Waals surface area contributed by atoms with E-state index in [1.165, 1.54) is 6.26 Å². The van der Waals surface area contributed by atoms with E-state index in [0.29, 0.717) is 44.7 Å². The Balaban J connectivity index is 1.19. The zero-order chi connectivity index (χ0) is 23.9. The molecule has 0 fully saturated rings. The van der Waals surface area contributed by atoms with Crippen molar-refractivity contribution in [2.75, 3.05) is 5.32 Å². The van der Waals surface area contributed by atoms with Crippen molar-refractivity contribution in [1.29, 1.82) is 0 Å². The number of aromatic nitrogens is 2. The topological polar surface area (TPSA) is 114 Å². The fourth-order valence-electron chi connectivity index (χ4n) is 4.16. The van der Waals surface area contributed by atoms with Crippen LogP contribution in [-0.4, -0.2) is 27.7 Å². The normalized spacial score (nSPS) is 12.3. The average Bonchev–Trinajstić information content (AvgIpc) is 3.56. The second-order valence-electron chi connectivity index (χ2n) is 8.08. The van der Waals surface area contributed by atoms with Crippen LogP contribution in [0.5, 0.6) is 5.75 Å². The third-order valence-corrected chi connectivity index (χ3v) is 5.91. The number of hydrogen-bond acceptors (Lipinski definition) is 6. The van der Waals surface area contributed by atoms with Crippen molar-refractivity contribution in [3.8, 4) is 5.75 Å². The summed E-state index contributed by atoms with van der Waals surface area (Å²) in [6.07, 6.45) is 1.43. The lowest BCUT2D eigenvalue weighted by Gasteiger charge is -2.18. The van der Waals surface area contributed by atoms with Crippen LogP contribution in [0.3, 0.4) is 0 Å². The number of ketones is 2. The van der Waals surface area contributed by atoms with E-state index in [-0.39, 0.29) is 23.9 Å². The first-order chi connectivity index (χ1) is 17.1. The highest BCUT2D eigenvalue weighted by Gasteiger charge is 2.29. The van der Waals surface area contributed by atoms with E-state index in [2.05, 4.69) is 15.5 Å². The van der Waals surface area contributed by atoms with Gasteiger partial charge in [-0.2, -0.15) is 5.10 Å². The van der Waals surface area contributed by atoms with E-state index >= 15 is 0 Å². The van der Waals surface area contributed by atoms with E-state index in [1.54, 1.807) is 72.8 Å². The first-order valence-corrected chi connectivity index (χ1v) is 10.9. The SMILES string of the molecule is O=C(Nc1n[nH]c2cc(OCc3ccc4c(c3)C(=O)c3ccccc3C4=O)ccc12)c1ccco1. The highest BCUT2D eigenvalue weighted by molar-refractivity contribution is 6.28. The monoisotopic (exact) mass is 463 g/mol. The Kier molecular flexibility index (Phi) is 4.77. The largest absolute Gasteiger partial charge is 0.489 e. The van der Waals surface area contributed by atoms with Gasteiger partial charge in [-0.05, 0) is 42.0 Å². The van der Waals surface area contributed by atoms with Gasteiger partial charge < -0.3 is 14.5 Å². The molecule has 5 aromatic rings. The van der Waals surface area contributed by atoms with Crippen molar-refractivity contribution >= 4 is 34.2 Å². The summed E-state index contributed by atoms with van der Waals surface area (Å²) < 4.78 is 11.0. The summed E-state index contributed by atoms with van der Waals surface area (Å²) in [6.45, 7) is 0.206. The Bertz CT molecular complexity index is 1630. The molecule has 2 heterocycles. The van der Waals surface area contributed by atoms with Gasteiger partial charge >= 0.3 is 0 Å². The lowest BCUT2D eigenvalue weighted by Crippen LogP contribution is -2.21. The molecule has 3 aromatic carbocycles. The molecule has 0 aliphatic heterocycles. The molecule has 1 aliphatic carbocycles. The first-order valence-electron chi connectivity index (χ1n) is 10.9. The minimum absolute atomic E-state index is 0.151. The van der Waals surface area contributed by atoms with Crippen LogP contribution in [0, 0.1) is 0 Å². The molecular weight excluding hydrogens is 446 g/mol. The molecule has 0 spiro atoms. The van der Waals surface area contributed by atoms with Crippen LogP contribution >= 0.6 is 0 Å². The molecule has 35 heavy (non-hydrogen) atoms. The highest BCUT2D eigenvalue weighted by atomic mass is 16.5. The number of fused-ring (bicyclic) bond motifs is 3. The summed E-state index contributed by atoms with van der Waals surface area (Å²) in [5.41, 5.74) is 3.08. The lowest BCUT2D eigenvalue weighted by atomic mass is 9.83. The van der Waals surface area contributed by atoms with Crippen LogP contribution in [0.25, 0.3) is 10.9 Å². The van der Waals surface area contributed by atoms with Gasteiger partial charge in [0.25, 0.3) is 5.91 Å². The van der Waals surface area contributed by atoms with Gasteiger partial charge in [-0.3, -0.25) is 19.5 Å². The Morgan fingerprint density at radius 2 is 1.66 bits per heavy atom. The predicted octanol–water partition coefficient (Wildman–Crippen LogP) is 4.76. The standard InChI is InChI=1S/C27H17N3O5/c31-24-17-4-1-2-5-18(17)25(32)21-12-15(7-9-19(21)24)14-35-16-8-10-20-22(13-16)29-30-26(20)28-27(33)23-6-3-11-34-23/h1-13H,14H2,(H2,28,29,30,33). The van der Waals surface area contributed by atoms with Crippen LogP contribution in [0.1, 0.15) is 48.0 Å². The zero-order valence-corrected chi connectivity index (χ0v) is 18.2. The summed E-state index contributed by atoms with van der Waals surface area (Å²) in [7, 11) is 0. The second-order valence-corrected chi connectivity index (χ2v) is 8.08. The summed E-state index contributed by atoms with van der Waals surface area (Å²) >= 11 is 0. The molecule has 0 radical (unpaired) electrons. The molecule has 0 bridgehead atoms. The van der Waals surface area contributed by atoms with Crippen LogP contribution in [0.2, 0.25) is 0 Å². The van der Waals surface area contributed by atoms with E-state index in [9.17, 15) is 14.4 Å². The highest BCUT2D eigenvalue weighted by Crippen LogP contribution is 2.29. The van der Waals surface area contributed by atoms with Gasteiger partial charge in [-0.25, -0.2) is 0 Å². The molecule has 0 unspecified atom stereocenters. The van der Waals surface area contributed by atoms with Crippen molar-refractivity contribution in [1.82, 2.24) is 10.2 Å². The van der Waals surface area contributed by atoms with Crippen molar-refractivity contribution in [2.24, 2.45) is 0 Å². The summed E-state index contributed by atoms with van der Waals surface area (Å²) in [5, 5.41) is 10.5. The van der Waals surface area contributed by atoms with Crippen LogP contribution in [0.4, 0.5) is 5.82 Å². The number of carbonyl (C=O) groups is 3. The fraction of sp³-hybridized carbons (Fsp3) is 0.0370. The minimum atomic E-state index is -0.396. The number of benzene rings is 3. The van der Waals surface area contributed by atoms with Crippen LogP contribution in [-0.2, 0) is 6.61 Å². The third kappa shape index (κ3) is 3.57. The van der Waals surface area contributed by atoms with Gasteiger partial charge in [0.2, 0.25) is 0 Å². The molecule has 0 atom stereocenters. The van der Waals surface area contributed by atoms with Gasteiger partial charge in [0.1, 0.15) is 12.4 Å².